The van der Waals surface area contributed by atoms with Gasteiger partial charge in [0.1, 0.15) is 0 Å². The van der Waals surface area contributed by atoms with Gasteiger partial charge in [0.2, 0.25) is 0 Å². The normalized spacial score (nSPS) is 13.5. The van der Waals surface area contributed by atoms with Gasteiger partial charge < -0.3 is 23.0 Å². The molecule has 8 nitrogen and oxygen atoms in total. The third-order valence-electron chi connectivity index (χ3n) is 3.72. The minimum absolute atomic E-state index is 0.127. The zero-order valence-corrected chi connectivity index (χ0v) is 14.3. The van der Waals surface area contributed by atoms with E-state index in [1.807, 2.05) is 18.2 Å². The van der Waals surface area contributed by atoms with E-state index >= 15 is 0 Å². The summed E-state index contributed by atoms with van der Waals surface area (Å²) in [5, 5.41) is 7.64. The van der Waals surface area contributed by atoms with Crippen LogP contribution in [-0.2, 0) is 16.1 Å². The molecule has 1 aromatic carbocycles. The molecule has 2 aromatic heterocycles. The van der Waals surface area contributed by atoms with E-state index in [0.717, 1.165) is 12.0 Å². The molecule has 0 amide bonds. The Labute approximate surface area is 154 Å². The molecule has 0 saturated carbocycles. The Morgan fingerprint density at radius 3 is 2.89 bits per heavy atom. The smallest absolute Gasteiger partial charge is 0.331 e. The van der Waals surface area contributed by atoms with E-state index in [9.17, 15) is 4.79 Å². The number of rotatable bonds is 5. The summed E-state index contributed by atoms with van der Waals surface area (Å²) in [5.74, 6) is 1.71. The average molecular weight is 368 g/mol. The molecule has 4 rings (SSSR count). The first-order valence-electron chi connectivity index (χ1n) is 8.39. The van der Waals surface area contributed by atoms with E-state index in [0.29, 0.717) is 30.5 Å². The zero-order chi connectivity index (χ0) is 18.5. The molecule has 1 aliphatic heterocycles. The van der Waals surface area contributed by atoms with Gasteiger partial charge in [-0.2, -0.15) is 0 Å². The second-order valence-electron chi connectivity index (χ2n) is 5.68. The summed E-state index contributed by atoms with van der Waals surface area (Å²) in [5.41, 5.74) is 0.800. The van der Waals surface area contributed by atoms with E-state index in [2.05, 4.69) is 10.2 Å². The van der Waals surface area contributed by atoms with Crippen molar-refractivity contribution < 1.29 is 27.8 Å². The van der Waals surface area contributed by atoms with Crippen molar-refractivity contribution in [2.75, 3.05) is 13.2 Å². The highest BCUT2D eigenvalue weighted by molar-refractivity contribution is 5.87. The molecule has 0 radical (unpaired) electrons. The van der Waals surface area contributed by atoms with Gasteiger partial charge in [-0.05, 0) is 35.9 Å². The van der Waals surface area contributed by atoms with Gasteiger partial charge in [0.05, 0.1) is 19.5 Å². The maximum absolute atomic E-state index is 11.9. The van der Waals surface area contributed by atoms with E-state index in [-0.39, 0.29) is 18.4 Å². The van der Waals surface area contributed by atoms with Gasteiger partial charge in [-0.3, -0.25) is 0 Å². The van der Waals surface area contributed by atoms with Crippen molar-refractivity contribution in [2.45, 2.75) is 13.0 Å². The van der Waals surface area contributed by atoms with E-state index in [1.165, 1.54) is 12.3 Å². The summed E-state index contributed by atoms with van der Waals surface area (Å²) in [6, 6.07) is 8.88. The fourth-order valence-electron chi connectivity index (χ4n) is 2.44. The predicted octanol–water partition coefficient (Wildman–Crippen LogP) is 3.25. The van der Waals surface area contributed by atoms with Crippen LogP contribution in [0.15, 0.2) is 51.5 Å². The largest absolute Gasteiger partial charge is 0.490 e. The number of aromatic nitrogens is 2. The molecule has 0 spiro atoms. The second kappa shape index (κ2) is 7.77. The van der Waals surface area contributed by atoms with Crippen molar-refractivity contribution in [3.8, 4) is 23.1 Å². The molecular formula is C19H16N2O6. The van der Waals surface area contributed by atoms with Crippen LogP contribution in [0.1, 0.15) is 17.9 Å². The summed E-state index contributed by atoms with van der Waals surface area (Å²) >= 11 is 0. The van der Waals surface area contributed by atoms with Crippen LogP contribution < -0.4 is 9.47 Å². The molecule has 3 aromatic rings. The molecule has 0 saturated heterocycles. The molecule has 138 valence electrons. The second-order valence-corrected chi connectivity index (χ2v) is 5.68. The minimum atomic E-state index is -0.528. The van der Waals surface area contributed by atoms with Crippen molar-refractivity contribution in [3.05, 3.63) is 54.1 Å². The van der Waals surface area contributed by atoms with E-state index < -0.39 is 5.97 Å². The van der Waals surface area contributed by atoms with Crippen LogP contribution in [0.25, 0.3) is 17.7 Å². The number of benzene rings is 1. The van der Waals surface area contributed by atoms with E-state index in [1.54, 1.807) is 18.2 Å². The molecule has 27 heavy (non-hydrogen) atoms. The molecule has 0 bridgehead atoms. The highest BCUT2D eigenvalue weighted by Gasteiger charge is 2.12. The van der Waals surface area contributed by atoms with Crippen molar-refractivity contribution in [1.82, 2.24) is 10.2 Å². The molecule has 0 atom stereocenters. The van der Waals surface area contributed by atoms with Crippen LogP contribution in [0.2, 0.25) is 0 Å². The Kier molecular flexibility index (Phi) is 4.86. The number of carbonyl (C=O) groups excluding carboxylic acids is 1. The Bertz CT molecular complexity index is 945. The zero-order valence-electron chi connectivity index (χ0n) is 14.3. The molecule has 8 heteroatoms. The molecule has 0 fully saturated rings. The standard InChI is InChI=1S/C19H16N2O6/c22-18(26-12-17-20-21-19(27-17)15-3-1-8-24-15)7-5-13-4-6-14-16(11-13)25-10-2-9-23-14/h1,3-8,11H,2,9-10,12H2/b7-5+. The van der Waals surface area contributed by atoms with Crippen LogP contribution in [0.3, 0.4) is 0 Å². The number of esters is 1. The van der Waals surface area contributed by atoms with Gasteiger partial charge in [0.15, 0.2) is 23.9 Å². The number of hydrogen-bond acceptors (Lipinski definition) is 8. The molecule has 3 heterocycles. The van der Waals surface area contributed by atoms with Gasteiger partial charge in [-0.15, -0.1) is 10.2 Å². The fraction of sp³-hybridized carbons (Fsp3) is 0.211. The number of ether oxygens (including phenoxy) is 3. The number of nitrogens with zero attached hydrogens (tertiary/aromatic N) is 2. The number of furan rings is 1. The third kappa shape index (κ3) is 4.17. The molecule has 1 aliphatic rings. The summed E-state index contributed by atoms with van der Waals surface area (Å²) in [4.78, 5) is 11.9. The average Bonchev–Trinajstić information content (AvgIpc) is 3.32. The molecule has 0 N–H and O–H groups in total. The minimum Gasteiger partial charge on any atom is -0.490 e. The Hall–Kier alpha value is -3.55. The Morgan fingerprint density at radius 1 is 1.15 bits per heavy atom. The van der Waals surface area contributed by atoms with Crippen molar-refractivity contribution in [2.24, 2.45) is 0 Å². The lowest BCUT2D eigenvalue weighted by Gasteiger charge is -2.07. The molecule has 0 aliphatic carbocycles. The lowest BCUT2D eigenvalue weighted by molar-refractivity contribution is -0.139. The fourth-order valence-corrected chi connectivity index (χ4v) is 2.44. The monoisotopic (exact) mass is 368 g/mol. The van der Waals surface area contributed by atoms with Gasteiger partial charge in [0, 0.05) is 12.5 Å². The topological polar surface area (TPSA) is 96.8 Å². The van der Waals surface area contributed by atoms with Crippen LogP contribution in [-0.4, -0.2) is 29.4 Å². The van der Waals surface area contributed by atoms with Crippen molar-refractivity contribution >= 4 is 12.0 Å². The number of carbonyl (C=O) groups is 1. The highest BCUT2D eigenvalue weighted by Crippen LogP contribution is 2.30. The number of hydrogen-bond donors (Lipinski definition) is 0. The van der Waals surface area contributed by atoms with Gasteiger partial charge in [0.25, 0.3) is 11.8 Å². The van der Waals surface area contributed by atoms with Crippen LogP contribution in [0.5, 0.6) is 11.5 Å². The Morgan fingerprint density at radius 2 is 2.04 bits per heavy atom. The molecule has 0 unspecified atom stereocenters. The summed E-state index contributed by atoms with van der Waals surface area (Å²) in [7, 11) is 0. The summed E-state index contributed by atoms with van der Waals surface area (Å²) in [6.07, 6.45) is 5.30. The Balaban J connectivity index is 1.33. The van der Waals surface area contributed by atoms with Crippen LogP contribution in [0.4, 0.5) is 0 Å². The van der Waals surface area contributed by atoms with Gasteiger partial charge in [-0.1, -0.05) is 6.07 Å². The number of fused-ring (bicyclic) bond motifs is 1. The third-order valence-corrected chi connectivity index (χ3v) is 3.72. The van der Waals surface area contributed by atoms with Crippen LogP contribution in [0, 0.1) is 0 Å². The van der Waals surface area contributed by atoms with Crippen molar-refractivity contribution in [3.63, 3.8) is 0 Å². The highest BCUT2D eigenvalue weighted by atomic mass is 16.5. The van der Waals surface area contributed by atoms with E-state index in [4.69, 9.17) is 23.0 Å². The van der Waals surface area contributed by atoms with Gasteiger partial charge in [-0.25, -0.2) is 4.79 Å². The summed E-state index contributed by atoms with van der Waals surface area (Å²) < 4.78 is 26.8. The maximum atomic E-state index is 11.9. The predicted molar refractivity (Wildman–Crippen MR) is 92.9 cm³/mol. The first-order chi connectivity index (χ1) is 13.3. The first-order valence-corrected chi connectivity index (χ1v) is 8.39. The first kappa shape index (κ1) is 16.9. The quantitative estimate of drug-likeness (QED) is 0.500. The maximum Gasteiger partial charge on any atom is 0.331 e. The van der Waals surface area contributed by atoms with Crippen LogP contribution >= 0.6 is 0 Å². The lowest BCUT2D eigenvalue weighted by atomic mass is 10.2. The van der Waals surface area contributed by atoms with Gasteiger partial charge >= 0.3 is 5.97 Å². The summed E-state index contributed by atoms with van der Waals surface area (Å²) in [6.45, 7) is 1.11. The SMILES string of the molecule is O=C(/C=C/c1ccc2c(c1)OCCCO2)OCc1nnc(-c2ccco2)o1. The van der Waals surface area contributed by atoms with Crippen molar-refractivity contribution in [1.29, 1.82) is 0 Å². The lowest BCUT2D eigenvalue weighted by Crippen LogP contribution is -2.01. The molecular weight excluding hydrogens is 352 g/mol.